The van der Waals surface area contributed by atoms with Gasteiger partial charge in [-0.1, -0.05) is 28.1 Å². The number of nitro benzene ring substituents is 1. The first-order valence-electron chi connectivity index (χ1n) is 7.83. The van der Waals surface area contributed by atoms with Crippen LogP contribution >= 0.6 is 15.9 Å². The van der Waals surface area contributed by atoms with E-state index in [0.717, 1.165) is 9.48 Å². The normalized spacial score (nSPS) is 17.5. The quantitative estimate of drug-likeness (QED) is 0.543. The lowest BCUT2D eigenvalue weighted by Gasteiger charge is -2.19. The highest BCUT2D eigenvalue weighted by molar-refractivity contribution is 9.10. The summed E-state index contributed by atoms with van der Waals surface area (Å²) in [5.74, 6) is 0.219. The van der Waals surface area contributed by atoms with Gasteiger partial charge in [-0.3, -0.25) is 14.9 Å². The molecule has 0 aliphatic carbocycles. The summed E-state index contributed by atoms with van der Waals surface area (Å²) in [6.45, 7) is 1.32. The number of hydrogen-bond donors (Lipinski definition) is 0. The second-order valence-corrected chi connectivity index (χ2v) is 6.69. The molecule has 0 radical (unpaired) electrons. The molecule has 2 heterocycles. The minimum atomic E-state index is -0.833. The zero-order chi connectivity index (χ0) is 19.1. The number of nitro groups is 1. The molecular formula is C17H12BrN3O6. The van der Waals surface area contributed by atoms with Gasteiger partial charge in [0.2, 0.25) is 24.8 Å². The van der Waals surface area contributed by atoms with Gasteiger partial charge in [-0.25, -0.2) is 0 Å². The molecule has 0 saturated carbocycles. The van der Waals surface area contributed by atoms with E-state index in [1.807, 2.05) is 6.07 Å². The summed E-state index contributed by atoms with van der Waals surface area (Å²) in [7, 11) is 0. The first-order valence-corrected chi connectivity index (χ1v) is 8.62. The smallest absolute Gasteiger partial charge is 0.286 e. The summed E-state index contributed by atoms with van der Waals surface area (Å²) in [6.07, 6.45) is -0.833. The van der Waals surface area contributed by atoms with Crippen molar-refractivity contribution >= 4 is 33.4 Å². The maximum absolute atomic E-state index is 12.0. The van der Waals surface area contributed by atoms with Crippen molar-refractivity contribution < 1.29 is 23.9 Å². The molecule has 10 heteroatoms. The third-order valence-corrected chi connectivity index (χ3v) is 4.51. The van der Waals surface area contributed by atoms with Crippen LogP contribution in [0.5, 0.6) is 11.5 Å². The molecule has 0 saturated heterocycles. The molecule has 0 spiro atoms. The number of ether oxygens (including phenoxy) is 3. The predicted molar refractivity (Wildman–Crippen MR) is 96.2 cm³/mol. The predicted octanol–water partition coefficient (Wildman–Crippen LogP) is 3.33. The Morgan fingerprint density at radius 3 is 2.70 bits per heavy atom. The number of fused-ring (bicyclic) bond motifs is 1. The van der Waals surface area contributed by atoms with E-state index in [0.29, 0.717) is 11.3 Å². The zero-order valence-corrected chi connectivity index (χ0v) is 15.5. The van der Waals surface area contributed by atoms with Crippen molar-refractivity contribution in [3.05, 3.63) is 62.1 Å². The van der Waals surface area contributed by atoms with Crippen molar-refractivity contribution in [1.29, 1.82) is 0 Å². The lowest BCUT2D eigenvalue weighted by atomic mass is 10.1. The van der Waals surface area contributed by atoms with Crippen LogP contribution in [-0.2, 0) is 9.53 Å². The second-order valence-electron chi connectivity index (χ2n) is 5.77. The fourth-order valence-electron chi connectivity index (χ4n) is 2.81. The molecule has 2 aromatic rings. The number of amides is 1. The van der Waals surface area contributed by atoms with E-state index in [1.165, 1.54) is 19.1 Å². The van der Waals surface area contributed by atoms with E-state index >= 15 is 0 Å². The number of hydrazone groups is 1. The molecule has 1 atom stereocenters. The minimum Gasteiger partial charge on any atom is -0.454 e. The standard InChI is InChI=1S/C17H12BrN3O6/c1-9(22)20-17(10-3-2-4-11(18)5-10)27-16(19-20)12-6-14-15(26-8-25-14)7-13(12)21(23)24/h2-7,17H,8H2,1H3/t17-/m0/s1. The van der Waals surface area contributed by atoms with Gasteiger partial charge in [-0.15, -0.1) is 5.10 Å². The van der Waals surface area contributed by atoms with Crippen LogP contribution in [0, 0.1) is 10.1 Å². The van der Waals surface area contributed by atoms with Crippen LogP contribution in [0.2, 0.25) is 0 Å². The summed E-state index contributed by atoms with van der Waals surface area (Å²) in [4.78, 5) is 23.0. The molecule has 9 nitrogen and oxygen atoms in total. The number of carbonyl (C=O) groups is 1. The third kappa shape index (κ3) is 3.08. The Kier molecular flexibility index (Phi) is 4.19. The van der Waals surface area contributed by atoms with Gasteiger partial charge in [-0.2, -0.15) is 5.01 Å². The zero-order valence-electron chi connectivity index (χ0n) is 13.9. The Morgan fingerprint density at radius 2 is 2.04 bits per heavy atom. The van der Waals surface area contributed by atoms with Crippen molar-refractivity contribution in [2.75, 3.05) is 6.79 Å². The van der Waals surface area contributed by atoms with Crippen molar-refractivity contribution in [3.63, 3.8) is 0 Å². The van der Waals surface area contributed by atoms with Crippen molar-refractivity contribution in [1.82, 2.24) is 5.01 Å². The molecule has 2 aliphatic heterocycles. The van der Waals surface area contributed by atoms with E-state index in [9.17, 15) is 14.9 Å². The SMILES string of the molecule is CC(=O)N1N=C(c2cc3c(cc2[N+](=O)[O-])OCO3)O[C@H]1c1cccc(Br)c1. The maximum Gasteiger partial charge on any atom is 0.286 e. The molecule has 0 fully saturated rings. The van der Waals surface area contributed by atoms with Crippen LogP contribution < -0.4 is 9.47 Å². The van der Waals surface area contributed by atoms with Gasteiger partial charge in [0.15, 0.2) is 11.5 Å². The first-order chi connectivity index (χ1) is 12.9. The van der Waals surface area contributed by atoms with Crippen molar-refractivity contribution in [2.45, 2.75) is 13.2 Å². The lowest BCUT2D eigenvalue weighted by Crippen LogP contribution is -2.25. The Hall–Kier alpha value is -3.14. The third-order valence-electron chi connectivity index (χ3n) is 4.02. The number of halogens is 1. The summed E-state index contributed by atoms with van der Waals surface area (Å²) in [5.41, 5.74) is 0.520. The van der Waals surface area contributed by atoms with Gasteiger partial charge in [0.05, 0.1) is 11.0 Å². The van der Waals surface area contributed by atoms with E-state index < -0.39 is 11.2 Å². The molecule has 0 bridgehead atoms. The van der Waals surface area contributed by atoms with Crippen LogP contribution in [0.25, 0.3) is 0 Å². The van der Waals surface area contributed by atoms with Crippen LogP contribution in [-0.4, -0.2) is 28.5 Å². The highest BCUT2D eigenvalue weighted by Crippen LogP contribution is 2.40. The average molecular weight is 434 g/mol. The van der Waals surface area contributed by atoms with Crippen molar-refractivity contribution in [3.8, 4) is 11.5 Å². The largest absolute Gasteiger partial charge is 0.454 e. The molecule has 4 rings (SSSR count). The molecule has 2 aliphatic rings. The molecular weight excluding hydrogens is 422 g/mol. The highest BCUT2D eigenvalue weighted by Gasteiger charge is 2.37. The van der Waals surface area contributed by atoms with Crippen LogP contribution in [0.1, 0.15) is 24.3 Å². The number of rotatable bonds is 3. The minimum absolute atomic E-state index is 0.0243. The summed E-state index contributed by atoms with van der Waals surface area (Å²) < 4.78 is 17.1. The van der Waals surface area contributed by atoms with Crippen LogP contribution in [0.4, 0.5) is 5.69 Å². The Balaban J connectivity index is 1.78. The van der Waals surface area contributed by atoms with Crippen molar-refractivity contribution in [2.24, 2.45) is 5.10 Å². The molecule has 2 aromatic carbocycles. The number of nitrogens with zero attached hydrogens (tertiary/aromatic N) is 3. The van der Waals surface area contributed by atoms with E-state index in [-0.39, 0.29) is 35.6 Å². The van der Waals surface area contributed by atoms with E-state index in [1.54, 1.807) is 18.2 Å². The number of benzene rings is 2. The summed E-state index contributed by atoms with van der Waals surface area (Å²) in [5, 5.41) is 16.8. The topological polar surface area (TPSA) is 104 Å². The molecule has 0 unspecified atom stereocenters. The average Bonchev–Trinajstić information content (AvgIpc) is 3.27. The molecule has 0 aromatic heterocycles. The van der Waals surface area contributed by atoms with E-state index in [4.69, 9.17) is 14.2 Å². The Morgan fingerprint density at radius 1 is 1.30 bits per heavy atom. The second kappa shape index (κ2) is 6.54. The monoisotopic (exact) mass is 433 g/mol. The lowest BCUT2D eigenvalue weighted by molar-refractivity contribution is -0.385. The molecule has 0 N–H and O–H groups in total. The number of carbonyl (C=O) groups excluding carboxylic acids is 1. The fraction of sp³-hybridized carbons (Fsp3) is 0.176. The fourth-order valence-corrected chi connectivity index (χ4v) is 3.22. The first kappa shape index (κ1) is 17.3. The van der Waals surface area contributed by atoms with E-state index in [2.05, 4.69) is 21.0 Å². The molecule has 1 amide bonds. The summed E-state index contributed by atoms with van der Waals surface area (Å²) in [6, 6.07) is 9.88. The van der Waals surface area contributed by atoms with Crippen LogP contribution in [0.15, 0.2) is 46.0 Å². The molecule has 27 heavy (non-hydrogen) atoms. The number of hydrogen-bond acceptors (Lipinski definition) is 7. The van der Waals surface area contributed by atoms with Gasteiger partial charge < -0.3 is 14.2 Å². The Labute approximate surface area is 161 Å². The highest BCUT2D eigenvalue weighted by atomic mass is 79.9. The Bertz CT molecular complexity index is 993. The van der Waals surface area contributed by atoms with Crippen LogP contribution in [0.3, 0.4) is 0 Å². The van der Waals surface area contributed by atoms with Gasteiger partial charge in [0, 0.05) is 23.0 Å². The van der Waals surface area contributed by atoms with Gasteiger partial charge in [0.25, 0.3) is 5.69 Å². The molecule has 138 valence electrons. The summed E-state index contributed by atoms with van der Waals surface area (Å²) >= 11 is 3.37. The van der Waals surface area contributed by atoms with Gasteiger partial charge in [0.1, 0.15) is 5.56 Å². The van der Waals surface area contributed by atoms with Gasteiger partial charge in [-0.05, 0) is 12.1 Å². The van der Waals surface area contributed by atoms with Gasteiger partial charge >= 0.3 is 0 Å². The maximum atomic E-state index is 12.0.